The second-order valence-corrected chi connectivity index (χ2v) is 14.4. The molecular weight excluding hydrogens is 925 g/mol. The van der Waals surface area contributed by atoms with Gasteiger partial charge in [-0.15, -0.1) is 29.5 Å². The minimum Gasteiger partial charge on any atom is -0.226 e. The Labute approximate surface area is 353 Å². The van der Waals surface area contributed by atoms with Gasteiger partial charge in [-0.25, -0.2) is 26.1 Å². The third kappa shape index (κ3) is 6.69. The molecule has 10 aromatic rings. The molecule has 0 atom stereocenters. The molecule has 0 aliphatic heterocycles. The van der Waals surface area contributed by atoms with Gasteiger partial charge in [-0.1, -0.05) is 145 Å². The number of aromatic nitrogens is 3. The third-order valence-electron chi connectivity index (χ3n) is 10.0. The van der Waals surface area contributed by atoms with Crippen molar-refractivity contribution < 1.29 is 31.1 Å². The molecule has 0 fully saturated rings. The van der Waals surface area contributed by atoms with Crippen molar-refractivity contribution in [3.05, 3.63) is 200 Å². The maximum atomic E-state index is 5.33. The molecule has 260 valence electrons. The number of thiophene rings is 1. The summed E-state index contributed by atoms with van der Waals surface area (Å²) in [7, 11) is 0. The van der Waals surface area contributed by atoms with E-state index >= 15 is 0 Å². The van der Waals surface area contributed by atoms with Crippen molar-refractivity contribution in [2.24, 2.45) is 0 Å². The first-order valence-corrected chi connectivity index (χ1v) is 19.1. The Morgan fingerprint density at radius 2 is 0.964 bits per heavy atom. The molecule has 0 bridgehead atoms. The molecule has 0 saturated carbocycles. The molecule has 56 heavy (non-hydrogen) atoms. The van der Waals surface area contributed by atoms with Crippen molar-refractivity contribution in [2.45, 2.75) is 0 Å². The zero-order chi connectivity index (χ0) is 36.6. The van der Waals surface area contributed by atoms with E-state index in [1.165, 1.54) is 25.7 Å². The summed E-state index contributed by atoms with van der Waals surface area (Å²) in [6.07, 6.45) is 0. The Hall–Kier alpha value is -5.96. The number of hydrogen-bond acceptors (Lipinski definition) is 4. The summed E-state index contributed by atoms with van der Waals surface area (Å²) in [4.78, 5) is 15.8. The summed E-state index contributed by atoms with van der Waals surface area (Å²) in [5.74, 6) is 1.79. The zero-order valence-electron chi connectivity index (χ0n) is 30.1. The van der Waals surface area contributed by atoms with Gasteiger partial charge in [0.25, 0.3) is 0 Å². The van der Waals surface area contributed by atoms with Gasteiger partial charge in [0.2, 0.25) is 0 Å². The quantitative estimate of drug-likeness (QED) is 0.149. The Morgan fingerprint density at radius 1 is 0.375 bits per heavy atom. The van der Waals surface area contributed by atoms with E-state index in [1.54, 1.807) is 0 Å². The van der Waals surface area contributed by atoms with Gasteiger partial charge in [0.1, 0.15) is 5.82 Å². The molecule has 0 radical (unpaired) electrons. The van der Waals surface area contributed by atoms with Crippen molar-refractivity contribution in [2.75, 3.05) is 0 Å². The summed E-state index contributed by atoms with van der Waals surface area (Å²) in [6, 6.07) is 72.0. The molecule has 0 aliphatic rings. The molecule has 5 heteroatoms. The predicted molar refractivity (Wildman–Crippen MR) is 228 cm³/mol. The van der Waals surface area contributed by atoms with Gasteiger partial charge in [-0.05, 0) is 28.3 Å². The monoisotopic (exact) mass is 955 g/mol. The summed E-state index contributed by atoms with van der Waals surface area (Å²) in [5.41, 5.74) is 11.3. The first kappa shape index (κ1) is 35.7. The number of rotatable bonds is 7. The fourth-order valence-corrected chi connectivity index (χ4v) is 8.65. The van der Waals surface area contributed by atoms with E-state index in [4.69, 9.17) is 15.0 Å². The van der Waals surface area contributed by atoms with E-state index in [0.717, 1.165) is 55.6 Å². The van der Waals surface area contributed by atoms with E-state index in [2.05, 4.69) is 158 Å². The van der Waals surface area contributed by atoms with Gasteiger partial charge in [0, 0.05) is 42.4 Å². The summed E-state index contributed by atoms with van der Waals surface area (Å²) in [6.45, 7) is 0. The van der Waals surface area contributed by atoms with Gasteiger partial charge in [0.15, 0.2) is 11.6 Å². The summed E-state index contributed by atoms with van der Waals surface area (Å²) in [5, 5.41) is 2.54. The molecule has 2 aromatic heterocycles. The molecule has 0 saturated heterocycles. The van der Waals surface area contributed by atoms with Crippen LogP contribution in [0.4, 0.5) is 0 Å². The van der Waals surface area contributed by atoms with Crippen molar-refractivity contribution in [1.82, 2.24) is 15.0 Å². The van der Waals surface area contributed by atoms with Crippen LogP contribution < -0.4 is 0 Å². The number of benzene rings is 8. The first-order valence-electron chi connectivity index (χ1n) is 18.3. The van der Waals surface area contributed by atoms with Gasteiger partial charge in [0.05, 0.1) is 0 Å². The maximum Gasteiger partial charge on any atom is 2.00 e. The van der Waals surface area contributed by atoms with Crippen molar-refractivity contribution >= 4 is 31.5 Å². The normalized spacial score (nSPS) is 11.1. The fourth-order valence-electron chi connectivity index (χ4n) is 7.42. The van der Waals surface area contributed by atoms with E-state index < -0.39 is 0 Å². The Kier molecular flexibility index (Phi) is 9.98. The topological polar surface area (TPSA) is 38.7 Å². The SMILES string of the molecule is [U+2].[c-]1ccccc1-c1[c-]cc(-c2nc(-c3ccccc3-c3ccccc3)nc(-c3cccc(-c4cccc5c4sc4ccccc45)c3-c3ccccc3)n2)cc1. The van der Waals surface area contributed by atoms with Crippen LogP contribution in [0, 0.1) is 43.2 Å². The fraction of sp³-hybridized carbons (Fsp3) is 0. The second-order valence-electron chi connectivity index (χ2n) is 13.4. The van der Waals surface area contributed by atoms with Gasteiger partial charge in [-0.2, -0.15) is 36.4 Å². The number of fused-ring (bicyclic) bond motifs is 3. The molecule has 0 spiro atoms. The van der Waals surface area contributed by atoms with E-state index in [1.807, 2.05) is 53.8 Å². The van der Waals surface area contributed by atoms with Crippen LogP contribution in [0.15, 0.2) is 188 Å². The number of hydrogen-bond donors (Lipinski definition) is 0. The van der Waals surface area contributed by atoms with Crippen molar-refractivity contribution in [3.8, 4) is 78.7 Å². The second kappa shape index (κ2) is 15.7. The van der Waals surface area contributed by atoms with Crippen LogP contribution in [-0.4, -0.2) is 15.0 Å². The van der Waals surface area contributed by atoms with Crippen LogP contribution in [0.5, 0.6) is 0 Å². The zero-order valence-corrected chi connectivity index (χ0v) is 35.1. The van der Waals surface area contributed by atoms with Crippen molar-refractivity contribution in [3.63, 3.8) is 0 Å². The largest absolute Gasteiger partial charge is 2.00 e. The minimum absolute atomic E-state index is 0. The predicted octanol–water partition coefficient (Wildman–Crippen LogP) is 13.5. The Balaban J connectivity index is 0.00000410. The van der Waals surface area contributed by atoms with E-state index in [-0.39, 0.29) is 31.1 Å². The van der Waals surface area contributed by atoms with Crippen LogP contribution in [0.25, 0.3) is 98.8 Å². The smallest absolute Gasteiger partial charge is 0.226 e. The van der Waals surface area contributed by atoms with Gasteiger partial charge in [-0.3, -0.25) is 0 Å². The molecule has 0 unspecified atom stereocenters. The summed E-state index contributed by atoms with van der Waals surface area (Å²) < 4.78 is 2.54. The third-order valence-corrected chi connectivity index (χ3v) is 11.2. The van der Waals surface area contributed by atoms with Crippen LogP contribution in [0.1, 0.15) is 0 Å². The molecule has 2 heterocycles. The molecule has 3 nitrogen and oxygen atoms in total. The van der Waals surface area contributed by atoms with Crippen LogP contribution in [0.3, 0.4) is 0 Å². The average molecular weight is 956 g/mol. The molecule has 0 amide bonds. The van der Waals surface area contributed by atoms with Crippen LogP contribution in [0.2, 0.25) is 0 Å². The maximum absolute atomic E-state index is 5.33. The molecule has 0 N–H and O–H groups in total. The minimum atomic E-state index is 0. The standard InChI is InChI=1S/C51H31N3S.U/c1-4-16-34(17-5-1)35-30-32-38(33-31-35)49-52-50(44-24-11-10-22-39(44)36-18-6-2-7-19-36)54-51(53-49)45-28-14-25-41(47(45)37-20-8-3-9-21-37)43-27-15-26-42-40-23-12-13-29-46(40)55-48(42)43;/h1-16,18-30,32-33H;/q-2;+2. The number of nitrogens with zero attached hydrogens (tertiary/aromatic N) is 3. The first-order chi connectivity index (χ1) is 27.3. The average Bonchev–Trinajstić information content (AvgIpc) is 3.66. The van der Waals surface area contributed by atoms with Crippen LogP contribution in [-0.2, 0) is 0 Å². The molecule has 0 aliphatic carbocycles. The van der Waals surface area contributed by atoms with Crippen LogP contribution >= 0.6 is 11.3 Å². The Morgan fingerprint density at radius 3 is 1.73 bits per heavy atom. The van der Waals surface area contributed by atoms with Gasteiger partial charge >= 0.3 is 31.1 Å². The Bertz CT molecular complexity index is 2960. The summed E-state index contributed by atoms with van der Waals surface area (Å²) >= 11 is 1.84. The molecular formula is C51H31N3SU. The van der Waals surface area contributed by atoms with Gasteiger partial charge < -0.3 is 0 Å². The molecule has 10 rings (SSSR count). The molecule has 8 aromatic carbocycles. The van der Waals surface area contributed by atoms with E-state index in [0.29, 0.717) is 17.5 Å². The van der Waals surface area contributed by atoms with E-state index in [9.17, 15) is 0 Å². The van der Waals surface area contributed by atoms with Crippen molar-refractivity contribution in [1.29, 1.82) is 0 Å².